The summed E-state index contributed by atoms with van der Waals surface area (Å²) in [5.41, 5.74) is 9.73. The SMILES string of the molecule is COc1ccc(C(C)(C)C)cc1C(CN)Cc1ccccc1Cl. The van der Waals surface area contributed by atoms with Gasteiger partial charge in [0.15, 0.2) is 0 Å². The van der Waals surface area contributed by atoms with Crippen LogP contribution in [0.15, 0.2) is 42.5 Å². The molecular weight excluding hydrogens is 306 g/mol. The molecule has 0 fully saturated rings. The summed E-state index contributed by atoms with van der Waals surface area (Å²) >= 11 is 6.32. The summed E-state index contributed by atoms with van der Waals surface area (Å²) < 4.78 is 5.58. The quantitative estimate of drug-likeness (QED) is 0.843. The van der Waals surface area contributed by atoms with Crippen LogP contribution in [0, 0.1) is 0 Å². The zero-order valence-electron chi connectivity index (χ0n) is 14.4. The van der Waals surface area contributed by atoms with E-state index in [1.54, 1.807) is 7.11 Å². The van der Waals surface area contributed by atoms with Crippen molar-refractivity contribution in [2.75, 3.05) is 13.7 Å². The highest BCUT2D eigenvalue weighted by Gasteiger charge is 2.21. The van der Waals surface area contributed by atoms with E-state index < -0.39 is 0 Å². The molecule has 0 aliphatic carbocycles. The van der Waals surface area contributed by atoms with Gasteiger partial charge in [0.1, 0.15) is 5.75 Å². The van der Waals surface area contributed by atoms with E-state index in [2.05, 4.69) is 39.0 Å². The molecule has 0 aliphatic rings. The van der Waals surface area contributed by atoms with Crippen molar-refractivity contribution in [1.82, 2.24) is 0 Å². The van der Waals surface area contributed by atoms with E-state index in [1.807, 2.05) is 24.3 Å². The van der Waals surface area contributed by atoms with Crippen LogP contribution in [0.1, 0.15) is 43.4 Å². The topological polar surface area (TPSA) is 35.2 Å². The molecule has 23 heavy (non-hydrogen) atoms. The predicted molar refractivity (Wildman–Crippen MR) is 98.6 cm³/mol. The van der Waals surface area contributed by atoms with Gasteiger partial charge in [-0.2, -0.15) is 0 Å². The Morgan fingerprint density at radius 2 is 1.83 bits per heavy atom. The monoisotopic (exact) mass is 331 g/mol. The number of ether oxygens (including phenoxy) is 1. The average molecular weight is 332 g/mol. The molecular formula is C20H26ClNO. The predicted octanol–water partition coefficient (Wildman–Crippen LogP) is 4.93. The highest BCUT2D eigenvalue weighted by molar-refractivity contribution is 6.31. The summed E-state index contributed by atoms with van der Waals surface area (Å²) in [6.45, 7) is 7.19. The Balaban J connectivity index is 2.42. The van der Waals surface area contributed by atoms with E-state index in [1.165, 1.54) is 5.56 Å². The number of halogens is 1. The molecule has 0 aromatic heterocycles. The Morgan fingerprint density at radius 1 is 1.13 bits per heavy atom. The smallest absolute Gasteiger partial charge is 0.122 e. The first kappa shape index (κ1) is 17.8. The summed E-state index contributed by atoms with van der Waals surface area (Å²) in [4.78, 5) is 0. The average Bonchev–Trinajstić information content (AvgIpc) is 2.52. The van der Waals surface area contributed by atoms with Gasteiger partial charge < -0.3 is 10.5 Å². The minimum Gasteiger partial charge on any atom is -0.496 e. The van der Waals surface area contributed by atoms with E-state index in [0.717, 1.165) is 28.3 Å². The van der Waals surface area contributed by atoms with Gasteiger partial charge in [0.05, 0.1) is 7.11 Å². The van der Waals surface area contributed by atoms with Gasteiger partial charge in [0.2, 0.25) is 0 Å². The lowest BCUT2D eigenvalue weighted by atomic mass is 9.83. The number of nitrogens with two attached hydrogens (primary N) is 1. The third-order valence-corrected chi connectivity index (χ3v) is 4.61. The molecule has 1 unspecified atom stereocenters. The lowest BCUT2D eigenvalue weighted by Gasteiger charge is -2.24. The Labute approximate surface area is 144 Å². The Bertz CT molecular complexity index is 661. The Morgan fingerprint density at radius 3 is 2.39 bits per heavy atom. The van der Waals surface area contributed by atoms with E-state index in [4.69, 9.17) is 22.1 Å². The molecule has 0 aliphatic heterocycles. The highest BCUT2D eigenvalue weighted by Crippen LogP contribution is 2.34. The van der Waals surface area contributed by atoms with E-state index >= 15 is 0 Å². The van der Waals surface area contributed by atoms with Gasteiger partial charge in [-0.3, -0.25) is 0 Å². The first-order valence-electron chi connectivity index (χ1n) is 7.98. The van der Waals surface area contributed by atoms with Gasteiger partial charge in [-0.1, -0.05) is 62.7 Å². The minimum atomic E-state index is 0.0879. The molecule has 2 rings (SSSR count). The Kier molecular flexibility index (Phi) is 5.72. The van der Waals surface area contributed by atoms with Crippen molar-refractivity contribution in [3.8, 4) is 5.75 Å². The molecule has 0 radical (unpaired) electrons. The second kappa shape index (κ2) is 7.37. The van der Waals surface area contributed by atoms with Crippen LogP contribution >= 0.6 is 11.6 Å². The van der Waals surface area contributed by atoms with Crippen LogP contribution in [0.25, 0.3) is 0 Å². The van der Waals surface area contributed by atoms with Gasteiger partial charge in [-0.25, -0.2) is 0 Å². The van der Waals surface area contributed by atoms with E-state index in [-0.39, 0.29) is 11.3 Å². The summed E-state index contributed by atoms with van der Waals surface area (Å²) in [6, 6.07) is 14.4. The molecule has 0 heterocycles. The molecule has 2 N–H and O–H groups in total. The Hall–Kier alpha value is -1.51. The van der Waals surface area contributed by atoms with Gasteiger partial charge in [-0.15, -0.1) is 0 Å². The van der Waals surface area contributed by atoms with Crippen LogP contribution < -0.4 is 10.5 Å². The first-order chi connectivity index (χ1) is 10.9. The van der Waals surface area contributed by atoms with Crippen LogP contribution in [0.5, 0.6) is 5.75 Å². The molecule has 124 valence electrons. The van der Waals surface area contributed by atoms with Crippen LogP contribution in [-0.2, 0) is 11.8 Å². The standard InChI is InChI=1S/C20H26ClNO/c1-20(2,3)16-9-10-19(23-4)17(12-16)15(13-22)11-14-7-5-6-8-18(14)21/h5-10,12,15H,11,13,22H2,1-4H3. The van der Waals surface area contributed by atoms with Crippen molar-refractivity contribution in [3.63, 3.8) is 0 Å². The van der Waals surface area contributed by atoms with Gasteiger partial charge in [-0.05, 0) is 47.2 Å². The highest BCUT2D eigenvalue weighted by atomic mass is 35.5. The van der Waals surface area contributed by atoms with Gasteiger partial charge >= 0.3 is 0 Å². The maximum Gasteiger partial charge on any atom is 0.122 e. The molecule has 2 aromatic carbocycles. The first-order valence-corrected chi connectivity index (χ1v) is 8.36. The van der Waals surface area contributed by atoms with Gasteiger partial charge in [0.25, 0.3) is 0 Å². The number of hydrogen-bond donors (Lipinski definition) is 1. The third-order valence-electron chi connectivity index (χ3n) is 4.24. The number of rotatable bonds is 5. The molecule has 1 atom stereocenters. The van der Waals surface area contributed by atoms with Crippen molar-refractivity contribution in [2.24, 2.45) is 5.73 Å². The fraction of sp³-hybridized carbons (Fsp3) is 0.400. The van der Waals surface area contributed by atoms with E-state index in [9.17, 15) is 0 Å². The second-order valence-electron chi connectivity index (χ2n) is 6.93. The number of methoxy groups -OCH3 is 1. The zero-order valence-corrected chi connectivity index (χ0v) is 15.2. The van der Waals surface area contributed by atoms with Crippen LogP contribution in [0.2, 0.25) is 5.02 Å². The summed E-state index contributed by atoms with van der Waals surface area (Å²) in [7, 11) is 1.71. The van der Waals surface area contributed by atoms with Gasteiger partial charge in [0, 0.05) is 10.9 Å². The van der Waals surface area contributed by atoms with Crippen molar-refractivity contribution >= 4 is 11.6 Å². The van der Waals surface area contributed by atoms with Crippen LogP contribution in [0.3, 0.4) is 0 Å². The number of benzene rings is 2. The zero-order chi connectivity index (χ0) is 17.0. The summed E-state index contributed by atoms with van der Waals surface area (Å²) in [6.07, 6.45) is 0.806. The molecule has 0 bridgehead atoms. The number of hydrogen-bond acceptors (Lipinski definition) is 2. The van der Waals surface area contributed by atoms with Crippen molar-refractivity contribution in [3.05, 3.63) is 64.2 Å². The molecule has 0 saturated heterocycles. The van der Waals surface area contributed by atoms with Crippen molar-refractivity contribution in [2.45, 2.75) is 38.5 Å². The minimum absolute atomic E-state index is 0.0879. The maximum absolute atomic E-state index is 6.32. The summed E-state index contributed by atoms with van der Waals surface area (Å²) in [5.74, 6) is 1.06. The fourth-order valence-corrected chi connectivity index (χ4v) is 2.98. The second-order valence-corrected chi connectivity index (χ2v) is 7.34. The van der Waals surface area contributed by atoms with E-state index in [0.29, 0.717) is 6.54 Å². The lowest BCUT2D eigenvalue weighted by molar-refractivity contribution is 0.404. The van der Waals surface area contributed by atoms with Crippen LogP contribution in [0.4, 0.5) is 0 Å². The third kappa shape index (κ3) is 4.27. The molecule has 3 heteroatoms. The molecule has 0 amide bonds. The molecule has 0 saturated carbocycles. The van der Waals surface area contributed by atoms with Crippen molar-refractivity contribution < 1.29 is 4.74 Å². The lowest BCUT2D eigenvalue weighted by Crippen LogP contribution is -2.18. The molecule has 0 spiro atoms. The molecule has 2 aromatic rings. The van der Waals surface area contributed by atoms with Crippen molar-refractivity contribution in [1.29, 1.82) is 0 Å². The normalized spacial score (nSPS) is 13.0. The maximum atomic E-state index is 6.32. The fourth-order valence-electron chi connectivity index (χ4n) is 2.77. The largest absolute Gasteiger partial charge is 0.496 e. The molecule has 2 nitrogen and oxygen atoms in total. The van der Waals surface area contributed by atoms with Crippen LogP contribution in [-0.4, -0.2) is 13.7 Å². The summed E-state index contributed by atoms with van der Waals surface area (Å²) in [5, 5.41) is 0.789.